The van der Waals surface area contributed by atoms with Gasteiger partial charge in [-0.25, -0.2) is 0 Å². The molecule has 2 saturated heterocycles. The second-order valence-electron chi connectivity index (χ2n) is 17.0. The van der Waals surface area contributed by atoms with E-state index < -0.39 is 6.23 Å². The van der Waals surface area contributed by atoms with Gasteiger partial charge in [-0.05, 0) is 68.4 Å². The molecule has 4 aliphatic rings. The molecule has 2 aromatic rings. The van der Waals surface area contributed by atoms with Gasteiger partial charge in [0.1, 0.15) is 6.23 Å². The van der Waals surface area contributed by atoms with Gasteiger partial charge in [0.15, 0.2) is 23.0 Å². The van der Waals surface area contributed by atoms with E-state index in [9.17, 15) is 14.7 Å². The van der Waals surface area contributed by atoms with Crippen molar-refractivity contribution >= 4 is 29.4 Å². The van der Waals surface area contributed by atoms with Crippen molar-refractivity contribution in [1.82, 2.24) is 9.80 Å². The second-order valence-corrected chi connectivity index (χ2v) is 17.0. The minimum absolute atomic E-state index is 0.0115. The van der Waals surface area contributed by atoms with Gasteiger partial charge in [0, 0.05) is 37.5 Å². The number of benzene rings is 2. The molecule has 2 unspecified atom stereocenters. The van der Waals surface area contributed by atoms with Crippen LogP contribution in [0.1, 0.15) is 101 Å². The molecule has 4 aliphatic heterocycles. The number of fused-ring (bicyclic) bond motifs is 4. The molecular formula is C45H60N4O7. The highest BCUT2D eigenvalue weighted by molar-refractivity contribution is 6.04. The maximum absolute atomic E-state index is 13.8. The molecule has 2 aromatic carbocycles. The van der Waals surface area contributed by atoms with E-state index in [0.717, 1.165) is 43.3 Å². The Bertz CT molecular complexity index is 1880. The number of rotatable bonds is 14. The second kappa shape index (κ2) is 17.0. The quantitative estimate of drug-likeness (QED) is 0.153. The molecule has 2 amide bonds. The van der Waals surface area contributed by atoms with Gasteiger partial charge in [0.25, 0.3) is 11.8 Å². The molecule has 0 bridgehead atoms. The number of nitrogens with zero attached hydrogens (tertiary/aromatic N) is 4. The summed E-state index contributed by atoms with van der Waals surface area (Å²) in [6.07, 6.45) is 13.7. The highest BCUT2D eigenvalue weighted by atomic mass is 16.5. The first-order valence-corrected chi connectivity index (χ1v) is 19.5. The molecule has 2 fully saturated rings. The molecule has 0 aromatic heterocycles. The number of anilines is 1. The first-order valence-electron chi connectivity index (χ1n) is 19.5. The highest BCUT2D eigenvalue weighted by Crippen LogP contribution is 2.44. The van der Waals surface area contributed by atoms with Crippen LogP contribution in [0.3, 0.4) is 0 Å². The summed E-state index contributed by atoms with van der Waals surface area (Å²) in [6, 6.07) is 6.73. The summed E-state index contributed by atoms with van der Waals surface area (Å²) < 4.78 is 24.2. The molecule has 0 spiro atoms. The number of aliphatic hydroxyl groups is 1. The number of aliphatic imine (C=N–C) groups is 1. The van der Waals surface area contributed by atoms with Crippen LogP contribution in [0.4, 0.5) is 11.4 Å². The Labute approximate surface area is 333 Å². The topological polar surface area (TPSA) is 113 Å². The normalized spacial score (nSPS) is 20.9. The minimum atomic E-state index is -0.869. The molecule has 0 aliphatic carbocycles. The predicted molar refractivity (Wildman–Crippen MR) is 222 cm³/mol. The monoisotopic (exact) mass is 768 g/mol. The van der Waals surface area contributed by atoms with Gasteiger partial charge in [-0.2, -0.15) is 0 Å². The molecular weight excluding hydrogens is 709 g/mol. The minimum Gasteiger partial charge on any atom is -0.493 e. The molecule has 0 saturated carbocycles. The van der Waals surface area contributed by atoms with Gasteiger partial charge >= 0.3 is 0 Å². The lowest BCUT2D eigenvalue weighted by Gasteiger charge is -2.38. The summed E-state index contributed by atoms with van der Waals surface area (Å²) >= 11 is 0. The fourth-order valence-corrected chi connectivity index (χ4v) is 7.89. The third-order valence-electron chi connectivity index (χ3n) is 11.6. The van der Waals surface area contributed by atoms with Crippen molar-refractivity contribution in [1.29, 1.82) is 0 Å². The van der Waals surface area contributed by atoms with Crippen molar-refractivity contribution in [2.75, 3.05) is 45.4 Å². The van der Waals surface area contributed by atoms with E-state index in [1.807, 2.05) is 28.1 Å². The maximum Gasteiger partial charge on any atom is 0.257 e. The Morgan fingerprint density at radius 3 is 2.09 bits per heavy atom. The Morgan fingerprint density at radius 2 is 1.43 bits per heavy atom. The van der Waals surface area contributed by atoms with Crippen molar-refractivity contribution in [3.63, 3.8) is 0 Å². The van der Waals surface area contributed by atoms with E-state index in [-0.39, 0.29) is 40.8 Å². The van der Waals surface area contributed by atoms with Crippen LogP contribution in [0, 0.1) is 23.7 Å². The number of hydrogen-bond donors (Lipinski definition) is 1. The maximum atomic E-state index is 13.8. The van der Waals surface area contributed by atoms with E-state index in [1.165, 1.54) is 0 Å². The zero-order chi connectivity index (χ0) is 41.1. The molecule has 11 nitrogen and oxygen atoms in total. The average Bonchev–Trinajstić information content (AvgIpc) is 3.72. The summed E-state index contributed by atoms with van der Waals surface area (Å²) in [5.74, 6) is 1.90. The Hall–Kier alpha value is -4.95. The van der Waals surface area contributed by atoms with E-state index in [1.54, 1.807) is 31.3 Å². The van der Waals surface area contributed by atoms with Gasteiger partial charge in [-0.3, -0.25) is 14.6 Å². The van der Waals surface area contributed by atoms with Crippen molar-refractivity contribution in [2.45, 2.75) is 104 Å². The fourth-order valence-electron chi connectivity index (χ4n) is 7.89. The van der Waals surface area contributed by atoms with Crippen molar-refractivity contribution in [3.05, 3.63) is 59.7 Å². The summed E-state index contributed by atoms with van der Waals surface area (Å²) in [5, 5.41) is 11.6. The molecule has 4 heterocycles. The number of carbonyl (C=O) groups excluding carboxylic acids is 2. The smallest absolute Gasteiger partial charge is 0.257 e. The average molecular weight is 769 g/mol. The third-order valence-corrected chi connectivity index (χ3v) is 11.6. The first-order chi connectivity index (χ1) is 26.6. The van der Waals surface area contributed by atoms with E-state index in [2.05, 4.69) is 72.5 Å². The van der Waals surface area contributed by atoms with Crippen molar-refractivity contribution in [3.8, 4) is 35.8 Å². The summed E-state index contributed by atoms with van der Waals surface area (Å²) in [6.45, 7) is 23.1. The predicted octanol–water partition coefficient (Wildman–Crippen LogP) is 7.83. The number of terminal acetylenes is 1. The molecule has 6 rings (SSSR count). The zero-order valence-corrected chi connectivity index (χ0v) is 34.5. The summed E-state index contributed by atoms with van der Waals surface area (Å²) in [4.78, 5) is 37.4. The van der Waals surface area contributed by atoms with Crippen LogP contribution in [-0.2, 0) is 0 Å². The lowest BCUT2D eigenvalue weighted by Crippen LogP contribution is -2.51. The van der Waals surface area contributed by atoms with Gasteiger partial charge in [-0.1, -0.05) is 58.9 Å². The SMILES string of the molecule is C#C.C=C1CC2C=Nc3cc(OCC(C)(C)CCC(C)(C)CCOc4cc5c(cc4OC)C(=O)N4CC(=C)C[C@H]4[C@H](O)N5C(C)CC)c(OC)cc3C(=O)N2C1. The van der Waals surface area contributed by atoms with Crippen molar-refractivity contribution in [2.24, 2.45) is 15.8 Å². The molecule has 0 radical (unpaired) electrons. The number of methoxy groups -OCH3 is 2. The van der Waals surface area contributed by atoms with Crippen LogP contribution in [-0.4, -0.2) is 97.8 Å². The largest absolute Gasteiger partial charge is 0.493 e. The standard InChI is InChI=1S/C43H58N4O7.C2H2/c1-11-28(4)47-33-21-38(36(52-10)19-31(33)40(49)46-24-27(3)17-34(46)41(47)50)53-15-14-42(5,6)12-13-43(7,8)25-54-37-20-32-30(18-35(37)51-9)39(48)45-23-26(2)16-29(45)22-44-32;1-2/h18-22,28-29,34,41,50H,2-3,11-17,23-25H2,1,4-10H3;1-2H/t28?,29?,34-,41-;/m0./s1. The fraction of sp³-hybridized carbons (Fsp3) is 0.533. The number of aliphatic hydroxyl groups excluding tert-OH is 1. The van der Waals surface area contributed by atoms with Crippen LogP contribution >= 0.6 is 0 Å². The number of amides is 2. The molecule has 56 heavy (non-hydrogen) atoms. The van der Waals surface area contributed by atoms with Gasteiger partial charge < -0.3 is 38.8 Å². The lowest BCUT2D eigenvalue weighted by molar-refractivity contribution is 0.0492. The van der Waals surface area contributed by atoms with Crippen LogP contribution in [0.15, 0.2) is 53.6 Å². The molecule has 11 heteroatoms. The molecule has 302 valence electrons. The third kappa shape index (κ3) is 8.71. The Kier molecular flexibility index (Phi) is 12.8. The Morgan fingerprint density at radius 1 is 0.839 bits per heavy atom. The number of hydrogen-bond acceptors (Lipinski definition) is 9. The first kappa shape index (κ1) is 42.2. The van der Waals surface area contributed by atoms with Gasteiger partial charge in [-0.15, -0.1) is 12.8 Å². The van der Waals surface area contributed by atoms with E-state index in [0.29, 0.717) is 78.2 Å². The van der Waals surface area contributed by atoms with Crippen LogP contribution in [0.2, 0.25) is 0 Å². The highest BCUT2D eigenvalue weighted by Gasteiger charge is 2.45. The van der Waals surface area contributed by atoms with Crippen LogP contribution < -0.4 is 23.8 Å². The number of ether oxygens (including phenoxy) is 4. The van der Waals surface area contributed by atoms with E-state index >= 15 is 0 Å². The zero-order valence-electron chi connectivity index (χ0n) is 34.5. The van der Waals surface area contributed by atoms with Crippen LogP contribution in [0.25, 0.3) is 0 Å². The number of carbonyl (C=O) groups is 2. The van der Waals surface area contributed by atoms with E-state index in [4.69, 9.17) is 18.9 Å². The summed E-state index contributed by atoms with van der Waals surface area (Å²) in [7, 11) is 3.17. The molecule has 1 N–H and O–H groups in total. The van der Waals surface area contributed by atoms with Crippen molar-refractivity contribution < 1.29 is 33.6 Å². The molecule has 4 atom stereocenters. The Balaban J connectivity index is 0.00000295. The summed E-state index contributed by atoms with van der Waals surface area (Å²) in [5.41, 5.74) is 4.01. The van der Waals surface area contributed by atoms with Gasteiger partial charge in [0.2, 0.25) is 0 Å². The van der Waals surface area contributed by atoms with Crippen LogP contribution in [0.5, 0.6) is 23.0 Å². The van der Waals surface area contributed by atoms with Gasteiger partial charge in [0.05, 0.1) is 62.0 Å². The lowest BCUT2D eigenvalue weighted by atomic mass is 9.78.